The van der Waals surface area contributed by atoms with Gasteiger partial charge in [-0.15, -0.1) is 0 Å². The lowest BCUT2D eigenvalue weighted by Gasteiger charge is -2.09. The number of aliphatic hydroxyl groups excluding tert-OH is 1. The number of nitrogens with zero attached hydrogens (tertiary/aromatic N) is 1. The van der Waals surface area contributed by atoms with Crippen LogP contribution >= 0.6 is 0 Å². The minimum absolute atomic E-state index is 0.342. The van der Waals surface area contributed by atoms with Gasteiger partial charge in [0.15, 0.2) is 0 Å². The molecule has 2 nitrogen and oxygen atoms in total. The summed E-state index contributed by atoms with van der Waals surface area (Å²) in [5.41, 5.74) is 2.91. The van der Waals surface area contributed by atoms with E-state index in [-0.39, 0.29) is 6.10 Å². The maximum absolute atomic E-state index is 9.55. The lowest BCUT2D eigenvalue weighted by Crippen LogP contribution is -1.98. The molecule has 0 radical (unpaired) electrons. The van der Waals surface area contributed by atoms with Crippen molar-refractivity contribution >= 4 is 0 Å². The Balaban J connectivity index is 3.00. The van der Waals surface area contributed by atoms with Crippen molar-refractivity contribution in [2.24, 2.45) is 0 Å². The van der Waals surface area contributed by atoms with E-state index in [0.29, 0.717) is 0 Å². The van der Waals surface area contributed by atoms with Crippen molar-refractivity contribution in [2.75, 3.05) is 0 Å². The highest BCUT2D eigenvalue weighted by Gasteiger charge is 2.05. The number of aliphatic hydroxyl groups is 1. The van der Waals surface area contributed by atoms with Gasteiger partial charge in [0.25, 0.3) is 0 Å². The minimum atomic E-state index is -0.342. The largest absolute Gasteiger partial charge is 0.388 e. The van der Waals surface area contributed by atoms with Crippen molar-refractivity contribution in [1.29, 1.82) is 0 Å². The first-order chi connectivity index (χ1) is 5.63. The Kier molecular flexibility index (Phi) is 2.82. The SMILES string of the molecule is CC[C@@H](O)c1cc(C)nc(C)c1. The number of hydrogen-bond donors (Lipinski definition) is 1. The van der Waals surface area contributed by atoms with Crippen LogP contribution in [0.2, 0.25) is 0 Å². The van der Waals surface area contributed by atoms with E-state index in [1.54, 1.807) is 0 Å². The lowest BCUT2D eigenvalue weighted by molar-refractivity contribution is 0.173. The van der Waals surface area contributed by atoms with E-state index in [1.165, 1.54) is 0 Å². The zero-order valence-electron chi connectivity index (χ0n) is 7.83. The third-order valence-electron chi connectivity index (χ3n) is 1.88. The maximum atomic E-state index is 9.55. The highest BCUT2D eigenvalue weighted by molar-refractivity contribution is 5.22. The molecule has 2 heteroatoms. The summed E-state index contributed by atoms with van der Waals surface area (Å²) >= 11 is 0. The van der Waals surface area contributed by atoms with Crippen LogP contribution in [0.3, 0.4) is 0 Å². The second kappa shape index (κ2) is 3.68. The summed E-state index contributed by atoms with van der Waals surface area (Å²) in [5, 5.41) is 9.55. The van der Waals surface area contributed by atoms with Gasteiger partial charge in [0.05, 0.1) is 6.10 Å². The third kappa shape index (κ3) is 2.05. The van der Waals surface area contributed by atoms with Crippen LogP contribution in [-0.2, 0) is 0 Å². The Labute approximate surface area is 73.3 Å². The molecule has 0 amide bonds. The van der Waals surface area contributed by atoms with Crippen LogP contribution in [0.15, 0.2) is 12.1 Å². The van der Waals surface area contributed by atoms with Crippen molar-refractivity contribution in [2.45, 2.75) is 33.3 Å². The Morgan fingerprint density at radius 1 is 1.33 bits per heavy atom. The van der Waals surface area contributed by atoms with Crippen molar-refractivity contribution in [3.8, 4) is 0 Å². The molecule has 1 rings (SSSR count). The average Bonchev–Trinajstić information content (AvgIpc) is 2.01. The summed E-state index contributed by atoms with van der Waals surface area (Å²) in [4.78, 5) is 4.24. The molecule has 12 heavy (non-hydrogen) atoms. The molecular weight excluding hydrogens is 150 g/mol. The third-order valence-corrected chi connectivity index (χ3v) is 1.88. The van der Waals surface area contributed by atoms with E-state index in [0.717, 1.165) is 23.4 Å². The molecule has 0 unspecified atom stereocenters. The molecular formula is C10H15NO. The van der Waals surface area contributed by atoms with Crippen LogP contribution in [0.4, 0.5) is 0 Å². The quantitative estimate of drug-likeness (QED) is 0.728. The summed E-state index contributed by atoms with van der Waals surface area (Å²) in [5.74, 6) is 0. The Bertz CT molecular complexity index is 250. The van der Waals surface area contributed by atoms with E-state index in [9.17, 15) is 5.11 Å². The first kappa shape index (κ1) is 9.20. The van der Waals surface area contributed by atoms with E-state index in [4.69, 9.17) is 0 Å². The van der Waals surface area contributed by atoms with Gasteiger partial charge in [-0.1, -0.05) is 6.92 Å². The summed E-state index contributed by atoms with van der Waals surface area (Å²) in [6.07, 6.45) is 0.411. The molecule has 0 aromatic carbocycles. The number of hydrogen-bond acceptors (Lipinski definition) is 2. The van der Waals surface area contributed by atoms with Gasteiger partial charge < -0.3 is 5.11 Å². The van der Waals surface area contributed by atoms with Crippen LogP contribution in [0.25, 0.3) is 0 Å². The number of rotatable bonds is 2. The molecule has 0 aliphatic rings. The topological polar surface area (TPSA) is 33.1 Å². The maximum Gasteiger partial charge on any atom is 0.0788 e. The molecule has 0 saturated heterocycles. The van der Waals surface area contributed by atoms with E-state index in [1.807, 2.05) is 32.9 Å². The van der Waals surface area contributed by atoms with Crippen LogP contribution in [0.5, 0.6) is 0 Å². The van der Waals surface area contributed by atoms with Crippen LogP contribution in [0, 0.1) is 13.8 Å². The molecule has 1 aromatic rings. The molecule has 0 fully saturated rings. The fourth-order valence-electron chi connectivity index (χ4n) is 1.29. The second-order valence-electron chi connectivity index (χ2n) is 3.11. The van der Waals surface area contributed by atoms with Gasteiger partial charge in [-0.3, -0.25) is 4.98 Å². The predicted octanol–water partition coefficient (Wildman–Crippen LogP) is 2.14. The molecule has 0 bridgehead atoms. The standard InChI is InChI=1S/C10H15NO/c1-4-10(12)9-5-7(2)11-8(3)6-9/h5-6,10,12H,4H2,1-3H3/t10-/m1/s1. The van der Waals surface area contributed by atoms with Gasteiger partial charge in [-0.2, -0.15) is 0 Å². The molecule has 0 saturated carbocycles. The molecule has 0 spiro atoms. The van der Waals surface area contributed by atoms with E-state index >= 15 is 0 Å². The predicted molar refractivity (Wildman–Crippen MR) is 49.0 cm³/mol. The van der Waals surface area contributed by atoms with Crippen LogP contribution in [0.1, 0.15) is 36.4 Å². The number of pyridine rings is 1. The van der Waals surface area contributed by atoms with Crippen LogP contribution < -0.4 is 0 Å². The Morgan fingerprint density at radius 3 is 2.25 bits per heavy atom. The van der Waals surface area contributed by atoms with Gasteiger partial charge >= 0.3 is 0 Å². The van der Waals surface area contributed by atoms with Crippen molar-refractivity contribution in [3.05, 3.63) is 29.1 Å². The minimum Gasteiger partial charge on any atom is -0.388 e. The van der Waals surface area contributed by atoms with Crippen molar-refractivity contribution < 1.29 is 5.11 Å². The lowest BCUT2D eigenvalue weighted by atomic mass is 10.1. The molecule has 1 N–H and O–H groups in total. The Hall–Kier alpha value is -0.890. The second-order valence-corrected chi connectivity index (χ2v) is 3.11. The summed E-state index contributed by atoms with van der Waals surface area (Å²) in [6, 6.07) is 3.86. The summed E-state index contributed by atoms with van der Waals surface area (Å²) in [7, 11) is 0. The monoisotopic (exact) mass is 165 g/mol. The molecule has 0 aliphatic carbocycles. The van der Waals surface area contributed by atoms with Gasteiger partial charge in [-0.25, -0.2) is 0 Å². The molecule has 66 valence electrons. The highest BCUT2D eigenvalue weighted by Crippen LogP contribution is 2.17. The van der Waals surface area contributed by atoms with Gasteiger partial charge in [0.2, 0.25) is 0 Å². The van der Waals surface area contributed by atoms with E-state index < -0.39 is 0 Å². The fourth-order valence-corrected chi connectivity index (χ4v) is 1.29. The van der Waals surface area contributed by atoms with Crippen molar-refractivity contribution in [1.82, 2.24) is 4.98 Å². The highest BCUT2D eigenvalue weighted by atomic mass is 16.3. The summed E-state index contributed by atoms with van der Waals surface area (Å²) < 4.78 is 0. The molecule has 1 heterocycles. The van der Waals surface area contributed by atoms with Gasteiger partial charge in [0, 0.05) is 11.4 Å². The van der Waals surface area contributed by atoms with Crippen LogP contribution in [-0.4, -0.2) is 10.1 Å². The zero-order chi connectivity index (χ0) is 9.14. The number of aryl methyl sites for hydroxylation is 2. The van der Waals surface area contributed by atoms with Gasteiger partial charge in [-0.05, 0) is 38.0 Å². The Morgan fingerprint density at radius 2 is 1.83 bits per heavy atom. The zero-order valence-corrected chi connectivity index (χ0v) is 7.83. The van der Waals surface area contributed by atoms with E-state index in [2.05, 4.69) is 4.98 Å². The first-order valence-electron chi connectivity index (χ1n) is 4.26. The molecule has 0 aliphatic heterocycles. The van der Waals surface area contributed by atoms with Gasteiger partial charge in [0.1, 0.15) is 0 Å². The average molecular weight is 165 g/mol. The first-order valence-corrected chi connectivity index (χ1v) is 4.26. The summed E-state index contributed by atoms with van der Waals surface area (Å²) in [6.45, 7) is 5.85. The number of aromatic nitrogens is 1. The molecule has 1 atom stereocenters. The smallest absolute Gasteiger partial charge is 0.0788 e. The normalized spacial score (nSPS) is 13.0. The van der Waals surface area contributed by atoms with Crippen molar-refractivity contribution in [3.63, 3.8) is 0 Å². The fraction of sp³-hybridized carbons (Fsp3) is 0.500. The molecule has 1 aromatic heterocycles.